The number of nitrogens with zero attached hydrogens (tertiary/aromatic N) is 2. The molecule has 2 heterocycles. The molecular weight excluding hydrogens is 409 g/mol. The van der Waals surface area contributed by atoms with Gasteiger partial charge in [0.2, 0.25) is 0 Å². The van der Waals surface area contributed by atoms with Crippen molar-refractivity contribution in [3.8, 4) is 39.8 Å². The van der Waals surface area contributed by atoms with E-state index >= 15 is 0 Å². The minimum Gasteiger partial charge on any atom is -0.496 e. The van der Waals surface area contributed by atoms with E-state index in [9.17, 15) is 13.2 Å². The fourth-order valence-corrected chi connectivity index (χ4v) is 4.07. The van der Waals surface area contributed by atoms with E-state index in [2.05, 4.69) is 10.3 Å². The summed E-state index contributed by atoms with van der Waals surface area (Å²) in [6.07, 6.45) is -3.59. The quantitative estimate of drug-likeness (QED) is 0.396. The van der Waals surface area contributed by atoms with Crippen LogP contribution in [0.5, 0.6) is 5.75 Å². The number of fused-ring (bicyclic) bond motifs is 3. The number of rotatable bonds is 3. The first-order chi connectivity index (χ1) is 14.9. The van der Waals surface area contributed by atoms with E-state index in [1.807, 2.05) is 19.1 Å². The molecule has 5 nitrogen and oxygen atoms in total. The predicted octanol–water partition coefficient (Wildman–Crippen LogP) is 6.10. The monoisotopic (exact) mass is 426 g/mol. The smallest absolute Gasteiger partial charge is 0.422 e. The van der Waals surface area contributed by atoms with Gasteiger partial charge >= 0.3 is 6.18 Å². The summed E-state index contributed by atoms with van der Waals surface area (Å²) in [7, 11) is 1.60. The van der Waals surface area contributed by atoms with Gasteiger partial charge in [-0.05, 0) is 43.0 Å². The highest BCUT2D eigenvalue weighted by molar-refractivity contribution is 5.79. The molecule has 0 radical (unpaired) electrons. The van der Waals surface area contributed by atoms with Crippen molar-refractivity contribution < 1.29 is 27.0 Å². The van der Waals surface area contributed by atoms with Gasteiger partial charge in [-0.2, -0.15) is 13.2 Å². The van der Waals surface area contributed by atoms with Gasteiger partial charge in [0, 0.05) is 16.7 Å². The molecule has 1 aliphatic rings. The maximum absolute atomic E-state index is 14.1. The summed E-state index contributed by atoms with van der Waals surface area (Å²) in [5.41, 5.74) is 2.81. The Hall–Kier alpha value is -3.55. The van der Waals surface area contributed by atoms with Crippen LogP contribution in [0.1, 0.15) is 22.3 Å². The van der Waals surface area contributed by atoms with Gasteiger partial charge in [-0.1, -0.05) is 40.6 Å². The minimum absolute atomic E-state index is 0.00706. The van der Waals surface area contributed by atoms with Crippen molar-refractivity contribution in [2.24, 2.45) is 0 Å². The third-order valence-electron chi connectivity index (χ3n) is 5.53. The lowest BCUT2D eigenvalue weighted by Crippen LogP contribution is -2.09. The lowest BCUT2D eigenvalue weighted by Gasteiger charge is -2.17. The Balaban J connectivity index is 1.68. The van der Waals surface area contributed by atoms with Crippen LogP contribution in [0.25, 0.3) is 34.0 Å². The number of benzene rings is 2. The molecule has 4 aromatic rings. The fraction of sp³-hybridized carbons (Fsp3) is 0.217. The summed E-state index contributed by atoms with van der Waals surface area (Å²) in [5, 5.41) is 7.87. The lowest BCUT2D eigenvalue weighted by molar-refractivity contribution is -0.136. The Kier molecular flexibility index (Phi) is 4.39. The maximum atomic E-state index is 14.1. The van der Waals surface area contributed by atoms with E-state index in [1.54, 1.807) is 37.4 Å². The maximum Gasteiger partial charge on any atom is 0.422 e. The second kappa shape index (κ2) is 7.01. The van der Waals surface area contributed by atoms with Gasteiger partial charge in [0.25, 0.3) is 0 Å². The van der Waals surface area contributed by atoms with Crippen LogP contribution in [-0.2, 0) is 19.0 Å². The Morgan fingerprint density at radius 3 is 2.35 bits per heavy atom. The van der Waals surface area contributed by atoms with Gasteiger partial charge in [0.15, 0.2) is 17.2 Å². The molecule has 0 bridgehead atoms. The molecule has 1 aliphatic carbocycles. The largest absolute Gasteiger partial charge is 0.496 e. The molecular formula is C23H17F3N2O3. The Morgan fingerprint density at radius 1 is 0.935 bits per heavy atom. The molecule has 31 heavy (non-hydrogen) atoms. The van der Waals surface area contributed by atoms with Crippen LogP contribution in [0.2, 0.25) is 0 Å². The molecule has 2 aromatic carbocycles. The van der Waals surface area contributed by atoms with Gasteiger partial charge in [-0.15, -0.1) is 0 Å². The van der Waals surface area contributed by atoms with Crippen molar-refractivity contribution in [2.75, 3.05) is 7.11 Å². The minimum atomic E-state index is -4.68. The third kappa shape index (κ3) is 3.10. The van der Waals surface area contributed by atoms with Crippen LogP contribution in [-0.4, -0.2) is 17.4 Å². The number of aryl methyl sites for hydroxylation is 2. The number of aromatic nitrogens is 2. The molecule has 0 spiro atoms. The number of alkyl halides is 3. The van der Waals surface area contributed by atoms with Crippen LogP contribution in [0.15, 0.2) is 51.5 Å². The molecule has 158 valence electrons. The molecule has 5 rings (SSSR count). The van der Waals surface area contributed by atoms with Crippen LogP contribution in [0, 0.1) is 6.92 Å². The Bertz CT molecular complexity index is 1270. The van der Waals surface area contributed by atoms with E-state index in [0.29, 0.717) is 24.1 Å². The highest BCUT2D eigenvalue weighted by Gasteiger charge is 2.43. The van der Waals surface area contributed by atoms with Gasteiger partial charge in [-0.25, -0.2) is 0 Å². The number of hydrogen-bond acceptors (Lipinski definition) is 5. The zero-order chi connectivity index (χ0) is 21.8. The Labute approximate surface area is 175 Å². The number of ether oxygens (including phenoxy) is 1. The molecule has 0 saturated heterocycles. The zero-order valence-electron chi connectivity index (χ0n) is 16.7. The molecule has 0 unspecified atom stereocenters. The SMILES string of the molecule is COc1cc2c(cc1C)-c1noc(-c3noc(-c4ccccc4)c3C(F)(F)F)c1CC2. The number of halogens is 3. The molecule has 0 fully saturated rings. The number of hydrogen-bond donors (Lipinski definition) is 0. The van der Waals surface area contributed by atoms with Crippen molar-refractivity contribution in [1.29, 1.82) is 0 Å². The van der Waals surface area contributed by atoms with Crippen molar-refractivity contribution in [3.05, 3.63) is 64.7 Å². The summed E-state index contributed by atoms with van der Waals surface area (Å²) in [4.78, 5) is 0. The predicted molar refractivity (Wildman–Crippen MR) is 107 cm³/mol. The van der Waals surface area contributed by atoms with Gasteiger partial charge in [0.05, 0.1) is 7.11 Å². The summed E-state index contributed by atoms with van der Waals surface area (Å²) in [6.45, 7) is 1.90. The molecule has 2 aromatic heterocycles. The van der Waals surface area contributed by atoms with Crippen molar-refractivity contribution in [2.45, 2.75) is 25.9 Å². The Morgan fingerprint density at radius 2 is 1.65 bits per heavy atom. The van der Waals surface area contributed by atoms with Crippen molar-refractivity contribution in [3.63, 3.8) is 0 Å². The first kappa shape index (κ1) is 19.4. The molecule has 0 atom stereocenters. The van der Waals surface area contributed by atoms with Crippen LogP contribution < -0.4 is 4.74 Å². The second-order valence-corrected chi connectivity index (χ2v) is 7.42. The van der Waals surface area contributed by atoms with Crippen LogP contribution in [0.3, 0.4) is 0 Å². The van der Waals surface area contributed by atoms with E-state index in [0.717, 1.165) is 22.4 Å². The highest BCUT2D eigenvalue weighted by atomic mass is 19.4. The molecule has 0 amide bonds. The van der Waals surface area contributed by atoms with Gasteiger partial charge < -0.3 is 13.8 Å². The molecule has 8 heteroatoms. The normalized spacial score (nSPS) is 13.1. The molecule has 0 saturated carbocycles. The summed E-state index contributed by atoms with van der Waals surface area (Å²) >= 11 is 0. The summed E-state index contributed by atoms with van der Waals surface area (Å²) < 4.78 is 58.1. The summed E-state index contributed by atoms with van der Waals surface area (Å²) in [5.74, 6) is 0.409. The number of methoxy groups -OCH3 is 1. The average molecular weight is 426 g/mol. The van der Waals surface area contributed by atoms with E-state index < -0.39 is 11.7 Å². The van der Waals surface area contributed by atoms with Crippen LogP contribution in [0.4, 0.5) is 13.2 Å². The van der Waals surface area contributed by atoms with E-state index in [4.69, 9.17) is 13.8 Å². The van der Waals surface area contributed by atoms with Crippen molar-refractivity contribution >= 4 is 0 Å². The topological polar surface area (TPSA) is 61.3 Å². The molecule has 0 aliphatic heterocycles. The molecule has 0 N–H and O–H groups in total. The summed E-state index contributed by atoms with van der Waals surface area (Å²) in [6, 6.07) is 11.9. The van der Waals surface area contributed by atoms with E-state index in [-0.39, 0.29) is 22.8 Å². The standard InChI is InChI=1S/C23H17F3N2O3/c1-12-10-16-14(11-17(12)29-2)8-9-15-19(16)27-31-22(15)20-18(23(24,25)26)21(30-28-20)13-6-4-3-5-7-13/h3-7,10-11H,8-9H2,1-2H3. The first-order valence-electron chi connectivity index (χ1n) is 9.67. The van der Waals surface area contributed by atoms with Crippen LogP contribution >= 0.6 is 0 Å². The van der Waals surface area contributed by atoms with Gasteiger partial charge in [-0.3, -0.25) is 0 Å². The lowest BCUT2D eigenvalue weighted by atomic mass is 9.87. The highest BCUT2D eigenvalue weighted by Crippen LogP contribution is 2.46. The van der Waals surface area contributed by atoms with E-state index in [1.165, 1.54) is 0 Å². The first-order valence-corrected chi connectivity index (χ1v) is 9.67. The second-order valence-electron chi connectivity index (χ2n) is 7.42. The van der Waals surface area contributed by atoms with Crippen molar-refractivity contribution in [1.82, 2.24) is 10.3 Å². The fourth-order valence-electron chi connectivity index (χ4n) is 4.07. The van der Waals surface area contributed by atoms with Gasteiger partial charge in [0.1, 0.15) is 17.0 Å². The zero-order valence-corrected chi connectivity index (χ0v) is 16.7. The average Bonchev–Trinajstić information content (AvgIpc) is 3.38. The third-order valence-corrected chi connectivity index (χ3v) is 5.53.